The van der Waals surface area contributed by atoms with Gasteiger partial charge in [0.05, 0.1) is 25.7 Å². The van der Waals surface area contributed by atoms with E-state index in [1.54, 1.807) is 0 Å². The standard InChI is InChI=1S/C14H19F3N2O3/c1-19(8-11(20)9-22-2)13(21)18-12-6-4-3-5-10(12)7-14(15,16)17/h3-6,11,20H,7-9H2,1-2H3,(H,18,21). The van der Waals surface area contributed by atoms with Crippen molar-refractivity contribution in [2.45, 2.75) is 18.7 Å². The molecule has 2 amide bonds. The van der Waals surface area contributed by atoms with Crippen molar-refractivity contribution in [3.63, 3.8) is 0 Å². The number of urea groups is 1. The maximum absolute atomic E-state index is 12.5. The molecule has 0 saturated heterocycles. The summed E-state index contributed by atoms with van der Waals surface area (Å²) in [5.41, 5.74) is 0.0760. The summed E-state index contributed by atoms with van der Waals surface area (Å²) in [6.07, 6.45) is -6.35. The minimum Gasteiger partial charge on any atom is -0.389 e. The van der Waals surface area contributed by atoms with Gasteiger partial charge < -0.3 is 20.1 Å². The monoisotopic (exact) mass is 320 g/mol. The Morgan fingerprint density at radius 2 is 2.05 bits per heavy atom. The van der Waals surface area contributed by atoms with Crippen LogP contribution in [0.4, 0.5) is 23.7 Å². The van der Waals surface area contributed by atoms with Crippen LogP contribution in [0.3, 0.4) is 0 Å². The van der Waals surface area contributed by atoms with E-state index in [0.29, 0.717) is 0 Å². The van der Waals surface area contributed by atoms with Gasteiger partial charge in [-0.2, -0.15) is 13.2 Å². The fourth-order valence-corrected chi connectivity index (χ4v) is 1.87. The number of carbonyl (C=O) groups is 1. The van der Waals surface area contributed by atoms with Crippen LogP contribution in [0, 0.1) is 0 Å². The van der Waals surface area contributed by atoms with Gasteiger partial charge in [-0.1, -0.05) is 18.2 Å². The number of nitrogens with zero attached hydrogens (tertiary/aromatic N) is 1. The van der Waals surface area contributed by atoms with Crippen molar-refractivity contribution >= 4 is 11.7 Å². The molecule has 22 heavy (non-hydrogen) atoms. The number of para-hydroxylation sites is 1. The van der Waals surface area contributed by atoms with Crippen LogP contribution in [0.1, 0.15) is 5.56 Å². The van der Waals surface area contributed by atoms with E-state index in [9.17, 15) is 23.1 Å². The zero-order valence-electron chi connectivity index (χ0n) is 12.4. The molecule has 0 heterocycles. The Labute approximate surface area is 126 Å². The first-order chi connectivity index (χ1) is 10.2. The number of likely N-dealkylation sites (N-methyl/N-ethyl adjacent to an activating group) is 1. The predicted molar refractivity (Wildman–Crippen MR) is 75.7 cm³/mol. The molecule has 0 bridgehead atoms. The van der Waals surface area contributed by atoms with Crippen LogP contribution in [0.2, 0.25) is 0 Å². The Morgan fingerprint density at radius 1 is 1.41 bits per heavy atom. The second-order valence-corrected chi connectivity index (χ2v) is 4.87. The average molecular weight is 320 g/mol. The highest BCUT2D eigenvalue weighted by Crippen LogP contribution is 2.26. The number of anilines is 1. The van der Waals surface area contributed by atoms with Crippen LogP contribution >= 0.6 is 0 Å². The van der Waals surface area contributed by atoms with Crippen LogP contribution in [0.5, 0.6) is 0 Å². The van der Waals surface area contributed by atoms with E-state index >= 15 is 0 Å². The zero-order valence-corrected chi connectivity index (χ0v) is 12.4. The predicted octanol–water partition coefficient (Wildman–Crippen LogP) is 2.26. The number of halogens is 3. The molecule has 1 unspecified atom stereocenters. The van der Waals surface area contributed by atoms with Gasteiger partial charge in [-0.15, -0.1) is 0 Å². The Morgan fingerprint density at radius 3 is 2.64 bits per heavy atom. The van der Waals surface area contributed by atoms with Gasteiger partial charge in [0.15, 0.2) is 0 Å². The number of alkyl halides is 3. The largest absolute Gasteiger partial charge is 0.393 e. The third kappa shape index (κ3) is 6.31. The van der Waals surface area contributed by atoms with Crippen molar-refractivity contribution in [2.75, 3.05) is 32.6 Å². The second-order valence-electron chi connectivity index (χ2n) is 4.87. The van der Waals surface area contributed by atoms with Crippen molar-refractivity contribution in [2.24, 2.45) is 0 Å². The van der Waals surface area contributed by atoms with Gasteiger partial charge in [0, 0.05) is 19.8 Å². The third-order valence-corrected chi connectivity index (χ3v) is 2.84. The molecule has 1 atom stereocenters. The van der Waals surface area contributed by atoms with E-state index in [1.165, 1.54) is 43.3 Å². The van der Waals surface area contributed by atoms with Gasteiger partial charge in [0.1, 0.15) is 0 Å². The molecule has 0 saturated carbocycles. The average Bonchev–Trinajstić information content (AvgIpc) is 2.39. The molecule has 0 aliphatic heterocycles. The molecule has 0 aromatic heterocycles. The van der Waals surface area contributed by atoms with Gasteiger partial charge in [-0.05, 0) is 11.6 Å². The van der Waals surface area contributed by atoms with Crippen molar-refractivity contribution in [3.05, 3.63) is 29.8 Å². The van der Waals surface area contributed by atoms with E-state index < -0.39 is 24.7 Å². The highest BCUT2D eigenvalue weighted by atomic mass is 19.4. The fourth-order valence-electron chi connectivity index (χ4n) is 1.87. The molecule has 8 heteroatoms. The molecule has 0 spiro atoms. The summed E-state index contributed by atoms with van der Waals surface area (Å²) in [6.45, 7) is 0.0589. The number of benzene rings is 1. The molecule has 0 aliphatic carbocycles. The van der Waals surface area contributed by atoms with Crippen LogP contribution in [-0.4, -0.2) is 55.6 Å². The Hall–Kier alpha value is -1.80. The van der Waals surface area contributed by atoms with E-state index in [0.717, 1.165) is 0 Å². The van der Waals surface area contributed by atoms with Crippen LogP contribution in [0.15, 0.2) is 24.3 Å². The topological polar surface area (TPSA) is 61.8 Å². The molecular weight excluding hydrogens is 301 g/mol. The van der Waals surface area contributed by atoms with Crippen LogP contribution in [0.25, 0.3) is 0 Å². The molecule has 0 aliphatic rings. The molecule has 1 aromatic rings. The lowest BCUT2D eigenvalue weighted by Crippen LogP contribution is -2.39. The Bertz CT molecular complexity index is 494. The van der Waals surface area contributed by atoms with Crippen molar-refractivity contribution in [1.82, 2.24) is 4.90 Å². The van der Waals surface area contributed by atoms with E-state index in [4.69, 9.17) is 4.74 Å². The first kappa shape index (κ1) is 18.2. The third-order valence-electron chi connectivity index (χ3n) is 2.84. The second kappa shape index (κ2) is 8.00. The number of ether oxygens (including phenoxy) is 1. The highest BCUT2D eigenvalue weighted by molar-refractivity contribution is 5.90. The lowest BCUT2D eigenvalue weighted by Gasteiger charge is -2.22. The quantitative estimate of drug-likeness (QED) is 0.845. The number of amides is 2. The van der Waals surface area contributed by atoms with Crippen molar-refractivity contribution in [3.8, 4) is 0 Å². The molecule has 5 nitrogen and oxygen atoms in total. The molecule has 2 N–H and O–H groups in total. The number of rotatable bonds is 6. The smallest absolute Gasteiger partial charge is 0.389 e. The molecule has 0 radical (unpaired) electrons. The number of methoxy groups -OCH3 is 1. The number of hydrogen-bond donors (Lipinski definition) is 2. The SMILES string of the molecule is COCC(O)CN(C)C(=O)Nc1ccccc1CC(F)(F)F. The minimum atomic E-state index is -4.36. The summed E-state index contributed by atoms with van der Waals surface area (Å²) < 4.78 is 42.3. The lowest BCUT2D eigenvalue weighted by atomic mass is 10.1. The number of hydrogen-bond acceptors (Lipinski definition) is 3. The maximum Gasteiger partial charge on any atom is 0.393 e. The summed E-state index contributed by atoms with van der Waals surface area (Å²) >= 11 is 0. The number of carbonyl (C=O) groups excluding carboxylic acids is 1. The zero-order chi connectivity index (χ0) is 16.8. The summed E-state index contributed by atoms with van der Waals surface area (Å²) in [5.74, 6) is 0. The first-order valence-electron chi connectivity index (χ1n) is 6.56. The Kier molecular flexibility index (Phi) is 6.63. The van der Waals surface area contributed by atoms with Crippen LogP contribution in [-0.2, 0) is 11.2 Å². The number of aliphatic hydroxyl groups is 1. The van der Waals surface area contributed by atoms with Gasteiger partial charge in [0.25, 0.3) is 0 Å². The number of aliphatic hydroxyl groups excluding tert-OH is 1. The minimum absolute atomic E-state index is 0.00110. The molecule has 124 valence electrons. The van der Waals surface area contributed by atoms with E-state index in [-0.39, 0.29) is 24.4 Å². The van der Waals surface area contributed by atoms with E-state index in [2.05, 4.69) is 5.32 Å². The Balaban J connectivity index is 2.71. The van der Waals surface area contributed by atoms with E-state index in [1.807, 2.05) is 0 Å². The van der Waals surface area contributed by atoms with Crippen molar-refractivity contribution < 1.29 is 27.8 Å². The fraction of sp³-hybridized carbons (Fsp3) is 0.500. The molecular formula is C14H19F3N2O3. The van der Waals surface area contributed by atoms with Crippen LogP contribution < -0.4 is 5.32 Å². The van der Waals surface area contributed by atoms with Gasteiger partial charge in [0.2, 0.25) is 0 Å². The molecule has 0 fully saturated rings. The summed E-state index contributed by atoms with van der Waals surface area (Å²) in [6, 6.07) is 5.11. The van der Waals surface area contributed by atoms with Crippen molar-refractivity contribution in [1.29, 1.82) is 0 Å². The lowest BCUT2D eigenvalue weighted by molar-refractivity contribution is -0.127. The van der Waals surface area contributed by atoms with Gasteiger partial charge in [-0.25, -0.2) is 4.79 Å². The molecule has 1 rings (SSSR count). The summed E-state index contributed by atoms with van der Waals surface area (Å²) in [5, 5.41) is 12.0. The summed E-state index contributed by atoms with van der Waals surface area (Å²) in [7, 11) is 2.84. The highest BCUT2D eigenvalue weighted by Gasteiger charge is 2.29. The van der Waals surface area contributed by atoms with Gasteiger partial charge >= 0.3 is 12.2 Å². The summed E-state index contributed by atoms with van der Waals surface area (Å²) in [4.78, 5) is 13.1. The number of nitrogens with one attached hydrogen (secondary N) is 1. The van der Waals surface area contributed by atoms with Gasteiger partial charge in [-0.3, -0.25) is 0 Å². The molecule has 1 aromatic carbocycles. The normalized spacial score (nSPS) is 12.8. The first-order valence-corrected chi connectivity index (χ1v) is 6.56. The maximum atomic E-state index is 12.5.